The molecule has 4 rings (SSSR count). The summed E-state index contributed by atoms with van der Waals surface area (Å²) in [6.45, 7) is 10.1. The number of nitriles is 1. The van der Waals surface area contributed by atoms with Gasteiger partial charge in [-0.05, 0) is 31.5 Å². The van der Waals surface area contributed by atoms with E-state index in [1.54, 1.807) is 0 Å². The van der Waals surface area contributed by atoms with Crippen molar-refractivity contribution in [3.63, 3.8) is 0 Å². The van der Waals surface area contributed by atoms with Crippen LogP contribution in [0.2, 0.25) is 0 Å². The van der Waals surface area contributed by atoms with E-state index >= 15 is 0 Å². The van der Waals surface area contributed by atoms with Crippen LogP contribution in [0.25, 0.3) is 22.2 Å². The van der Waals surface area contributed by atoms with Crippen molar-refractivity contribution in [1.82, 2.24) is 10.3 Å². The molecule has 1 N–H and O–H groups in total. The lowest BCUT2D eigenvalue weighted by Crippen LogP contribution is -2.30. The Bertz CT molecular complexity index is 1090. The first kappa shape index (κ1) is 19.5. The van der Waals surface area contributed by atoms with E-state index in [2.05, 4.69) is 49.2 Å². The van der Waals surface area contributed by atoms with Gasteiger partial charge in [0.05, 0.1) is 11.3 Å². The number of rotatable bonds is 3. The van der Waals surface area contributed by atoms with Crippen LogP contribution in [0.5, 0.6) is 0 Å². The minimum Gasteiger partial charge on any atom is -0.438 e. The molecule has 2 heterocycles. The molecule has 0 radical (unpaired) electrons. The van der Waals surface area contributed by atoms with Crippen LogP contribution in [-0.4, -0.2) is 31.2 Å². The van der Waals surface area contributed by atoms with Gasteiger partial charge in [0.1, 0.15) is 11.6 Å². The predicted molar refractivity (Wildman–Crippen MR) is 117 cm³/mol. The number of benzene rings is 2. The van der Waals surface area contributed by atoms with Crippen LogP contribution >= 0.6 is 0 Å². The van der Waals surface area contributed by atoms with Crippen LogP contribution in [0.4, 0.5) is 5.69 Å². The third-order valence-electron chi connectivity index (χ3n) is 5.79. The Hall–Kier alpha value is -2.84. The molecular formula is C24H28N4O. The number of anilines is 1. The molecule has 0 spiro atoms. The van der Waals surface area contributed by atoms with Crippen molar-refractivity contribution in [2.45, 2.75) is 45.6 Å². The van der Waals surface area contributed by atoms with Crippen molar-refractivity contribution in [1.29, 1.82) is 5.26 Å². The molecule has 1 saturated heterocycles. The molecule has 0 unspecified atom stereocenters. The molecule has 1 aliphatic rings. The van der Waals surface area contributed by atoms with E-state index in [1.807, 2.05) is 32.2 Å². The highest BCUT2D eigenvalue weighted by Gasteiger charge is 2.32. The minimum atomic E-state index is -0.234. The molecule has 1 aliphatic heterocycles. The molecule has 0 saturated carbocycles. The zero-order chi connectivity index (χ0) is 20.8. The van der Waals surface area contributed by atoms with Gasteiger partial charge in [0, 0.05) is 30.1 Å². The Labute approximate surface area is 172 Å². The largest absolute Gasteiger partial charge is 0.438 e. The molecule has 3 aromatic rings. The van der Waals surface area contributed by atoms with Crippen molar-refractivity contribution in [2.75, 3.05) is 25.0 Å². The maximum Gasteiger partial charge on any atom is 0.201 e. The number of likely N-dealkylation sites (N-methyl/N-ethyl adjacent to an activating group) is 1. The summed E-state index contributed by atoms with van der Waals surface area (Å²) in [4.78, 5) is 7.18. The smallest absolute Gasteiger partial charge is 0.201 e. The van der Waals surface area contributed by atoms with Crippen LogP contribution in [-0.2, 0) is 5.41 Å². The summed E-state index contributed by atoms with van der Waals surface area (Å²) in [5.74, 6) is 0.666. The second kappa shape index (κ2) is 7.20. The molecule has 150 valence electrons. The van der Waals surface area contributed by atoms with Gasteiger partial charge in [-0.25, -0.2) is 4.98 Å². The second-order valence-electron chi connectivity index (χ2n) is 8.87. The molecule has 5 nitrogen and oxygen atoms in total. The Kier molecular flexibility index (Phi) is 4.84. The number of hydrogen-bond donors (Lipinski definition) is 1. The number of hydrogen-bond acceptors (Lipinski definition) is 5. The lowest BCUT2D eigenvalue weighted by atomic mass is 9.93. The normalized spacial score (nSPS) is 17.1. The van der Waals surface area contributed by atoms with Crippen LogP contribution in [0, 0.1) is 18.3 Å². The summed E-state index contributed by atoms with van der Waals surface area (Å²) < 4.78 is 6.38. The quantitative estimate of drug-likeness (QED) is 0.700. The van der Waals surface area contributed by atoms with E-state index in [9.17, 15) is 5.26 Å². The van der Waals surface area contributed by atoms with Crippen molar-refractivity contribution in [3.05, 3.63) is 47.3 Å². The van der Waals surface area contributed by atoms with Crippen LogP contribution < -0.4 is 10.2 Å². The molecule has 0 bridgehead atoms. The lowest BCUT2D eigenvalue weighted by molar-refractivity contribution is 0.411. The van der Waals surface area contributed by atoms with Crippen LogP contribution in [0.1, 0.15) is 44.2 Å². The van der Waals surface area contributed by atoms with E-state index in [4.69, 9.17) is 9.40 Å². The van der Waals surface area contributed by atoms with Gasteiger partial charge in [0.25, 0.3) is 0 Å². The second-order valence-corrected chi connectivity index (χ2v) is 8.87. The van der Waals surface area contributed by atoms with Gasteiger partial charge in [-0.15, -0.1) is 0 Å². The fourth-order valence-corrected chi connectivity index (χ4v) is 4.16. The summed E-state index contributed by atoms with van der Waals surface area (Å²) in [5.41, 5.74) is 5.97. The highest BCUT2D eigenvalue weighted by molar-refractivity contribution is 6.02. The number of nitrogens with zero attached hydrogens (tertiary/aromatic N) is 3. The standard InChI is InChI=1S/C24H28N4O/c1-15-18(13-25)20-22(29-23(27-20)24(2,3)4)21(28-12-11-17(14-28)26-5)19(15)16-9-7-6-8-10-16/h6-10,17,26H,11-12,14H2,1-5H3/t17-/m0/s1. The van der Waals surface area contributed by atoms with Gasteiger partial charge >= 0.3 is 0 Å². The average molecular weight is 389 g/mol. The summed E-state index contributed by atoms with van der Waals surface area (Å²) in [5, 5.41) is 13.4. The molecule has 2 aromatic carbocycles. The first-order valence-corrected chi connectivity index (χ1v) is 10.2. The highest BCUT2D eigenvalue weighted by atomic mass is 16.4. The Morgan fingerprint density at radius 2 is 1.97 bits per heavy atom. The number of nitrogens with one attached hydrogen (secondary N) is 1. The predicted octanol–water partition coefficient (Wildman–Crippen LogP) is 4.77. The van der Waals surface area contributed by atoms with Gasteiger partial charge < -0.3 is 14.6 Å². The molecule has 1 aromatic heterocycles. The van der Waals surface area contributed by atoms with Gasteiger partial charge in [-0.3, -0.25) is 0 Å². The Morgan fingerprint density at radius 1 is 1.24 bits per heavy atom. The number of aromatic nitrogens is 1. The Balaban J connectivity index is 2.08. The fourth-order valence-electron chi connectivity index (χ4n) is 4.16. The molecule has 0 aliphatic carbocycles. The van der Waals surface area contributed by atoms with Gasteiger partial charge in [0.15, 0.2) is 5.58 Å². The molecular weight excluding hydrogens is 360 g/mol. The summed E-state index contributed by atoms with van der Waals surface area (Å²) in [7, 11) is 2.01. The van der Waals surface area contributed by atoms with Crippen molar-refractivity contribution < 1.29 is 4.42 Å². The van der Waals surface area contributed by atoms with Crippen molar-refractivity contribution >= 4 is 16.8 Å². The Morgan fingerprint density at radius 3 is 2.55 bits per heavy atom. The average Bonchev–Trinajstić information content (AvgIpc) is 3.35. The molecule has 5 heteroatoms. The van der Waals surface area contributed by atoms with Gasteiger partial charge in [-0.2, -0.15) is 5.26 Å². The zero-order valence-corrected chi connectivity index (χ0v) is 17.8. The van der Waals surface area contributed by atoms with E-state index in [0.717, 1.165) is 47.5 Å². The topological polar surface area (TPSA) is 65.1 Å². The van der Waals surface area contributed by atoms with Crippen LogP contribution in [0.3, 0.4) is 0 Å². The summed E-state index contributed by atoms with van der Waals surface area (Å²) >= 11 is 0. The van der Waals surface area contributed by atoms with Crippen LogP contribution in [0.15, 0.2) is 34.7 Å². The zero-order valence-electron chi connectivity index (χ0n) is 17.8. The third-order valence-corrected chi connectivity index (χ3v) is 5.79. The van der Waals surface area contributed by atoms with E-state index in [0.29, 0.717) is 23.0 Å². The minimum absolute atomic E-state index is 0.234. The van der Waals surface area contributed by atoms with E-state index in [1.165, 1.54) is 0 Å². The third kappa shape index (κ3) is 3.28. The molecule has 29 heavy (non-hydrogen) atoms. The monoisotopic (exact) mass is 388 g/mol. The molecule has 1 fully saturated rings. The van der Waals surface area contributed by atoms with Gasteiger partial charge in [-0.1, -0.05) is 51.1 Å². The van der Waals surface area contributed by atoms with E-state index in [-0.39, 0.29) is 5.41 Å². The van der Waals surface area contributed by atoms with Gasteiger partial charge in [0.2, 0.25) is 5.89 Å². The van der Waals surface area contributed by atoms with E-state index < -0.39 is 0 Å². The summed E-state index contributed by atoms with van der Waals surface area (Å²) in [6.07, 6.45) is 1.07. The molecule has 1 atom stereocenters. The first-order chi connectivity index (χ1) is 13.8. The lowest BCUT2D eigenvalue weighted by Gasteiger charge is -2.24. The maximum absolute atomic E-state index is 9.98. The number of oxazole rings is 1. The first-order valence-electron chi connectivity index (χ1n) is 10.2. The summed E-state index contributed by atoms with van der Waals surface area (Å²) in [6, 6.07) is 13.1. The molecule has 0 amide bonds. The highest BCUT2D eigenvalue weighted by Crippen LogP contribution is 2.44. The van der Waals surface area contributed by atoms with Crippen molar-refractivity contribution in [3.8, 4) is 17.2 Å². The SMILES string of the molecule is CN[C@H]1CCN(c2c(-c3ccccc3)c(C)c(C#N)c3nc(C(C)(C)C)oc23)C1. The number of fused-ring (bicyclic) bond motifs is 1. The fraction of sp³-hybridized carbons (Fsp3) is 0.417. The van der Waals surface area contributed by atoms with Crippen molar-refractivity contribution in [2.24, 2.45) is 0 Å². The maximum atomic E-state index is 9.98.